The highest BCUT2D eigenvalue weighted by molar-refractivity contribution is 5.94. The zero-order valence-electron chi connectivity index (χ0n) is 24.8. The van der Waals surface area contributed by atoms with Gasteiger partial charge in [0.05, 0.1) is 33.4 Å². The van der Waals surface area contributed by atoms with E-state index in [1.165, 1.54) is 24.3 Å². The van der Waals surface area contributed by atoms with Crippen LogP contribution in [0.15, 0.2) is 60.7 Å². The zero-order chi connectivity index (χ0) is 29.8. The van der Waals surface area contributed by atoms with Crippen LogP contribution in [-0.4, -0.2) is 82.3 Å². The fourth-order valence-corrected chi connectivity index (χ4v) is 4.52. The van der Waals surface area contributed by atoms with Gasteiger partial charge in [-0.15, -0.1) is 12.4 Å². The van der Waals surface area contributed by atoms with Crippen LogP contribution in [0.1, 0.15) is 27.9 Å². The fourth-order valence-electron chi connectivity index (χ4n) is 4.52. The van der Waals surface area contributed by atoms with Gasteiger partial charge in [-0.1, -0.05) is 12.1 Å². The molecule has 0 N–H and O–H groups in total. The Balaban J connectivity index is 0.00000616. The molecule has 1 amide bonds. The minimum atomic E-state index is -0.471. The molecule has 0 aromatic heterocycles. The van der Waals surface area contributed by atoms with Crippen LogP contribution in [0.5, 0.6) is 23.0 Å². The van der Waals surface area contributed by atoms with Crippen molar-refractivity contribution >= 4 is 24.0 Å². The molecule has 10 nitrogen and oxygen atoms in total. The van der Waals surface area contributed by atoms with Crippen LogP contribution in [-0.2, 0) is 12.8 Å². The van der Waals surface area contributed by atoms with Crippen molar-refractivity contribution in [1.29, 1.82) is 0 Å². The molecule has 0 bridgehead atoms. The number of non-ortho nitro benzene ring substituents is 1. The summed E-state index contributed by atoms with van der Waals surface area (Å²) in [6, 6.07) is 17.4. The van der Waals surface area contributed by atoms with Crippen LogP contribution < -0.4 is 18.9 Å². The van der Waals surface area contributed by atoms with Crippen molar-refractivity contribution in [1.82, 2.24) is 9.80 Å². The maximum Gasteiger partial charge on any atom is 0.269 e. The van der Waals surface area contributed by atoms with E-state index in [-0.39, 0.29) is 24.0 Å². The predicted octanol–water partition coefficient (Wildman–Crippen LogP) is 5.30. The Bertz CT molecular complexity index is 1300. The maximum absolute atomic E-state index is 13.4. The molecule has 0 fully saturated rings. The average Bonchev–Trinajstić information content (AvgIpc) is 3.00. The quantitative estimate of drug-likeness (QED) is 0.161. The van der Waals surface area contributed by atoms with Crippen LogP contribution in [0.2, 0.25) is 0 Å². The largest absolute Gasteiger partial charge is 0.493 e. The Morgan fingerprint density at radius 2 is 1.21 bits per heavy atom. The number of hydrogen-bond acceptors (Lipinski definition) is 8. The van der Waals surface area contributed by atoms with E-state index in [0.717, 1.165) is 37.1 Å². The van der Waals surface area contributed by atoms with Gasteiger partial charge >= 0.3 is 0 Å². The van der Waals surface area contributed by atoms with E-state index in [1.54, 1.807) is 33.3 Å². The highest BCUT2D eigenvalue weighted by Crippen LogP contribution is 2.29. The first-order chi connectivity index (χ1) is 19.8. The van der Waals surface area contributed by atoms with Gasteiger partial charge in [-0.25, -0.2) is 0 Å². The summed E-state index contributed by atoms with van der Waals surface area (Å²) in [6.07, 6.45) is 2.24. The van der Waals surface area contributed by atoms with Gasteiger partial charge in [0.1, 0.15) is 0 Å². The third-order valence-corrected chi connectivity index (χ3v) is 6.93. The lowest BCUT2D eigenvalue weighted by Gasteiger charge is -2.25. The first-order valence-corrected chi connectivity index (χ1v) is 13.4. The molecule has 3 aromatic rings. The van der Waals surface area contributed by atoms with E-state index < -0.39 is 4.92 Å². The minimum absolute atomic E-state index is 0. The molecule has 0 spiro atoms. The first-order valence-electron chi connectivity index (χ1n) is 13.4. The topological polar surface area (TPSA) is 104 Å². The number of methoxy groups -OCH3 is 4. The molecule has 0 aliphatic carbocycles. The van der Waals surface area contributed by atoms with E-state index in [9.17, 15) is 14.9 Å². The van der Waals surface area contributed by atoms with E-state index in [2.05, 4.69) is 11.9 Å². The van der Waals surface area contributed by atoms with Crippen LogP contribution in [0.3, 0.4) is 0 Å². The van der Waals surface area contributed by atoms with Crippen LogP contribution in [0.4, 0.5) is 5.69 Å². The number of rotatable bonds is 16. The third kappa shape index (κ3) is 9.53. The van der Waals surface area contributed by atoms with Crippen molar-refractivity contribution in [2.45, 2.75) is 19.3 Å². The molecule has 0 radical (unpaired) electrons. The van der Waals surface area contributed by atoms with Gasteiger partial charge in [0.15, 0.2) is 23.0 Å². The second kappa shape index (κ2) is 17.1. The van der Waals surface area contributed by atoms with Gasteiger partial charge in [0.2, 0.25) is 0 Å². The third-order valence-electron chi connectivity index (χ3n) is 6.93. The summed E-state index contributed by atoms with van der Waals surface area (Å²) < 4.78 is 21.5. The normalized spacial score (nSPS) is 10.5. The zero-order valence-corrected chi connectivity index (χ0v) is 25.6. The Hall–Kier alpha value is -4.02. The van der Waals surface area contributed by atoms with Crippen LogP contribution in [0, 0.1) is 10.1 Å². The number of carbonyl (C=O) groups is 1. The number of benzene rings is 3. The number of nitrogens with zero attached hydrogens (tertiary/aromatic N) is 3. The molecule has 0 unspecified atom stereocenters. The first kappa shape index (κ1) is 34.2. The molecule has 0 aliphatic heterocycles. The molecule has 0 aliphatic rings. The number of halogens is 1. The molecular formula is C31H40ClN3O7. The molecule has 3 rings (SSSR count). The van der Waals surface area contributed by atoms with Crippen molar-refractivity contribution in [2.75, 3.05) is 61.7 Å². The molecule has 0 saturated carbocycles. The number of carbonyl (C=O) groups excluding carboxylic acids is 1. The highest BCUT2D eigenvalue weighted by Gasteiger charge is 2.18. The lowest BCUT2D eigenvalue weighted by atomic mass is 10.1. The summed E-state index contributed by atoms with van der Waals surface area (Å²) in [5.74, 6) is 2.53. The molecule has 0 saturated heterocycles. The van der Waals surface area contributed by atoms with E-state index in [1.807, 2.05) is 36.4 Å². The number of likely N-dealkylation sites (N-methyl/N-ethyl adjacent to an activating group) is 1. The van der Waals surface area contributed by atoms with Crippen molar-refractivity contribution < 1.29 is 28.7 Å². The summed E-state index contributed by atoms with van der Waals surface area (Å²) in [7, 11) is 8.49. The van der Waals surface area contributed by atoms with Crippen LogP contribution in [0.25, 0.3) is 0 Å². The summed E-state index contributed by atoms with van der Waals surface area (Å²) in [6.45, 7) is 2.68. The van der Waals surface area contributed by atoms with Gasteiger partial charge in [-0.3, -0.25) is 14.9 Å². The lowest BCUT2D eigenvalue weighted by Crippen LogP contribution is -2.35. The van der Waals surface area contributed by atoms with Crippen molar-refractivity contribution in [3.05, 3.63) is 87.5 Å². The van der Waals surface area contributed by atoms with E-state index in [4.69, 9.17) is 18.9 Å². The molecule has 0 heterocycles. The van der Waals surface area contributed by atoms with E-state index >= 15 is 0 Å². The van der Waals surface area contributed by atoms with Crippen molar-refractivity contribution in [2.24, 2.45) is 0 Å². The average molecular weight is 602 g/mol. The predicted molar refractivity (Wildman–Crippen MR) is 165 cm³/mol. The summed E-state index contributed by atoms with van der Waals surface area (Å²) >= 11 is 0. The minimum Gasteiger partial charge on any atom is -0.493 e. The molecule has 11 heteroatoms. The number of nitro groups is 1. The number of hydrogen-bond donors (Lipinski definition) is 0. The summed E-state index contributed by atoms with van der Waals surface area (Å²) in [5.41, 5.74) is 2.54. The van der Waals surface area contributed by atoms with Gasteiger partial charge in [-0.2, -0.15) is 0 Å². The van der Waals surface area contributed by atoms with Gasteiger partial charge in [0.25, 0.3) is 11.6 Å². The standard InChI is InChI=1S/C31H39N3O7.ClH/c1-32(19-15-23-7-13-27(38-2)29(21-23)40-4)17-6-18-33(31(35)25-9-11-26(12-10-25)34(36)37)20-16-24-8-14-28(39-3)30(22-24)41-5;/h7-14,21-22H,6,15-20H2,1-5H3;1H. The maximum atomic E-state index is 13.4. The molecule has 228 valence electrons. The molecule has 0 atom stereocenters. The molecule has 3 aromatic carbocycles. The SMILES string of the molecule is COc1ccc(CCN(C)CCCN(CCc2ccc(OC)c(OC)c2)C(=O)c2ccc([N+](=O)[O-])cc2)cc1OC.Cl. The summed E-state index contributed by atoms with van der Waals surface area (Å²) in [4.78, 5) is 28.1. The highest BCUT2D eigenvalue weighted by atomic mass is 35.5. The monoisotopic (exact) mass is 601 g/mol. The number of amides is 1. The van der Waals surface area contributed by atoms with Crippen molar-refractivity contribution in [3.8, 4) is 23.0 Å². The number of nitro benzene ring substituents is 1. The van der Waals surface area contributed by atoms with Gasteiger partial charge in [0, 0.05) is 37.3 Å². The van der Waals surface area contributed by atoms with Crippen LogP contribution >= 0.6 is 12.4 Å². The van der Waals surface area contributed by atoms with Gasteiger partial charge < -0.3 is 28.7 Å². The summed E-state index contributed by atoms with van der Waals surface area (Å²) in [5, 5.41) is 11.1. The Morgan fingerprint density at radius 1 is 0.714 bits per heavy atom. The Morgan fingerprint density at radius 3 is 1.69 bits per heavy atom. The Labute approximate surface area is 253 Å². The van der Waals surface area contributed by atoms with Gasteiger partial charge in [-0.05, 0) is 80.4 Å². The fraction of sp³-hybridized carbons (Fsp3) is 0.387. The lowest BCUT2D eigenvalue weighted by molar-refractivity contribution is -0.384. The second-order valence-corrected chi connectivity index (χ2v) is 9.63. The Kier molecular flexibility index (Phi) is 13.9. The smallest absolute Gasteiger partial charge is 0.269 e. The van der Waals surface area contributed by atoms with E-state index in [0.29, 0.717) is 48.1 Å². The second-order valence-electron chi connectivity index (χ2n) is 9.63. The number of ether oxygens (including phenoxy) is 4. The molecular weight excluding hydrogens is 562 g/mol. The van der Waals surface area contributed by atoms with Crippen molar-refractivity contribution in [3.63, 3.8) is 0 Å². The molecule has 42 heavy (non-hydrogen) atoms.